The Morgan fingerprint density at radius 3 is 2.69 bits per heavy atom. The number of carboxylic acids is 1. The van der Waals surface area contributed by atoms with E-state index in [1.165, 1.54) is 12.1 Å². The van der Waals surface area contributed by atoms with Gasteiger partial charge in [0.05, 0.1) is 16.3 Å². The Kier molecular flexibility index (Phi) is 4.01. The minimum absolute atomic E-state index is 0.102. The van der Waals surface area contributed by atoms with Crippen LogP contribution in [0.15, 0.2) is 12.1 Å². The number of anilines is 2. The summed E-state index contributed by atoms with van der Waals surface area (Å²) < 4.78 is 0. The summed E-state index contributed by atoms with van der Waals surface area (Å²) in [6.45, 7) is 4.71. The van der Waals surface area contributed by atoms with Crippen molar-refractivity contribution in [1.29, 1.82) is 0 Å². The van der Waals surface area contributed by atoms with Crippen LogP contribution in [-0.4, -0.2) is 17.6 Å². The van der Waals surface area contributed by atoms with Crippen LogP contribution in [0.5, 0.6) is 0 Å². The first kappa shape index (κ1) is 12.6. The molecule has 0 aromatic heterocycles. The molecule has 0 heterocycles. The minimum Gasteiger partial charge on any atom is -0.478 e. The van der Waals surface area contributed by atoms with E-state index in [0.29, 0.717) is 28.9 Å². The number of nitrogens with two attached hydrogens (primary N) is 1. The molecule has 0 spiro atoms. The Balaban J connectivity index is 3.09. The molecule has 0 amide bonds. The zero-order valence-electron chi connectivity index (χ0n) is 9.25. The van der Waals surface area contributed by atoms with E-state index >= 15 is 0 Å². The SMILES string of the molecule is CC(C)CNc1c(Cl)cc(N)cc1C(=O)O. The summed E-state index contributed by atoms with van der Waals surface area (Å²) >= 11 is 5.96. The zero-order chi connectivity index (χ0) is 12.3. The number of benzene rings is 1. The van der Waals surface area contributed by atoms with Crippen molar-refractivity contribution in [3.05, 3.63) is 22.7 Å². The first-order valence-electron chi connectivity index (χ1n) is 4.98. The second-order valence-electron chi connectivity index (χ2n) is 4.01. The molecule has 5 heteroatoms. The molecule has 0 saturated carbocycles. The van der Waals surface area contributed by atoms with Gasteiger partial charge in [0, 0.05) is 12.2 Å². The molecule has 0 bridgehead atoms. The number of halogens is 1. The van der Waals surface area contributed by atoms with Gasteiger partial charge < -0.3 is 16.2 Å². The molecule has 0 radical (unpaired) electrons. The highest BCUT2D eigenvalue weighted by atomic mass is 35.5. The Hall–Kier alpha value is -1.42. The van der Waals surface area contributed by atoms with Crippen LogP contribution in [0.3, 0.4) is 0 Å². The van der Waals surface area contributed by atoms with Crippen LogP contribution in [0.4, 0.5) is 11.4 Å². The Morgan fingerprint density at radius 1 is 1.56 bits per heavy atom. The molecular weight excluding hydrogens is 228 g/mol. The van der Waals surface area contributed by atoms with Gasteiger partial charge in [0.15, 0.2) is 0 Å². The first-order valence-corrected chi connectivity index (χ1v) is 5.35. The zero-order valence-corrected chi connectivity index (χ0v) is 10.0. The standard InChI is InChI=1S/C11H15ClN2O2/c1-6(2)5-14-10-8(11(15)16)3-7(13)4-9(10)12/h3-4,6,14H,5,13H2,1-2H3,(H,15,16). The van der Waals surface area contributed by atoms with E-state index in [9.17, 15) is 4.79 Å². The maximum atomic E-state index is 11.0. The van der Waals surface area contributed by atoms with Crippen molar-refractivity contribution in [1.82, 2.24) is 0 Å². The van der Waals surface area contributed by atoms with Crippen molar-refractivity contribution in [3.63, 3.8) is 0 Å². The molecule has 0 atom stereocenters. The largest absolute Gasteiger partial charge is 0.478 e. The Morgan fingerprint density at radius 2 is 2.19 bits per heavy atom. The van der Waals surface area contributed by atoms with Crippen LogP contribution in [-0.2, 0) is 0 Å². The van der Waals surface area contributed by atoms with Crippen LogP contribution in [0.1, 0.15) is 24.2 Å². The predicted octanol–water partition coefficient (Wildman–Crippen LogP) is 2.69. The second kappa shape index (κ2) is 5.07. The fourth-order valence-corrected chi connectivity index (χ4v) is 1.58. The van der Waals surface area contributed by atoms with Crippen molar-refractivity contribution in [2.75, 3.05) is 17.6 Å². The average Bonchev–Trinajstić information content (AvgIpc) is 2.14. The molecule has 0 aliphatic heterocycles. The molecule has 88 valence electrons. The fourth-order valence-electron chi connectivity index (χ4n) is 1.28. The molecule has 1 rings (SSSR count). The van der Waals surface area contributed by atoms with Crippen molar-refractivity contribution in [2.24, 2.45) is 5.92 Å². The lowest BCUT2D eigenvalue weighted by molar-refractivity contribution is 0.0698. The van der Waals surface area contributed by atoms with E-state index < -0.39 is 5.97 Å². The third-order valence-corrected chi connectivity index (χ3v) is 2.33. The molecule has 0 saturated heterocycles. The molecule has 0 aliphatic carbocycles. The summed E-state index contributed by atoms with van der Waals surface area (Å²) in [5.74, 6) is -0.643. The van der Waals surface area contributed by atoms with Crippen LogP contribution in [0.25, 0.3) is 0 Å². The van der Waals surface area contributed by atoms with Gasteiger partial charge in [-0.2, -0.15) is 0 Å². The maximum absolute atomic E-state index is 11.0. The topological polar surface area (TPSA) is 75.3 Å². The first-order chi connectivity index (χ1) is 7.41. The van der Waals surface area contributed by atoms with E-state index in [1.54, 1.807) is 0 Å². The predicted molar refractivity (Wildman–Crippen MR) is 66.2 cm³/mol. The molecule has 0 aliphatic rings. The van der Waals surface area contributed by atoms with Gasteiger partial charge in [-0.05, 0) is 18.1 Å². The lowest BCUT2D eigenvalue weighted by Crippen LogP contribution is -2.12. The maximum Gasteiger partial charge on any atom is 0.337 e. The van der Waals surface area contributed by atoms with E-state index in [4.69, 9.17) is 22.4 Å². The summed E-state index contributed by atoms with van der Waals surface area (Å²) in [5.41, 5.74) is 6.42. The lowest BCUT2D eigenvalue weighted by Gasteiger charge is -2.14. The van der Waals surface area contributed by atoms with Crippen LogP contribution >= 0.6 is 11.6 Å². The molecule has 4 N–H and O–H groups in total. The number of hydrogen-bond acceptors (Lipinski definition) is 3. The highest BCUT2D eigenvalue weighted by molar-refractivity contribution is 6.34. The van der Waals surface area contributed by atoms with Gasteiger partial charge in [-0.15, -0.1) is 0 Å². The van der Waals surface area contributed by atoms with Crippen molar-refractivity contribution in [3.8, 4) is 0 Å². The van der Waals surface area contributed by atoms with Crippen LogP contribution in [0, 0.1) is 5.92 Å². The summed E-state index contributed by atoms with van der Waals surface area (Å²) in [7, 11) is 0. The molecule has 0 fully saturated rings. The number of nitrogen functional groups attached to an aromatic ring is 1. The molecule has 16 heavy (non-hydrogen) atoms. The average molecular weight is 243 g/mol. The summed E-state index contributed by atoms with van der Waals surface area (Å²) in [4.78, 5) is 11.0. The highest BCUT2D eigenvalue weighted by Crippen LogP contribution is 2.29. The van der Waals surface area contributed by atoms with Gasteiger partial charge in [-0.1, -0.05) is 25.4 Å². The number of nitrogens with one attached hydrogen (secondary N) is 1. The van der Waals surface area contributed by atoms with E-state index in [1.807, 2.05) is 13.8 Å². The van der Waals surface area contributed by atoms with Gasteiger partial charge in [-0.25, -0.2) is 4.79 Å². The van der Waals surface area contributed by atoms with E-state index in [-0.39, 0.29) is 5.56 Å². The van der Waals surface area contributed by atoms with Crippen molar-refractivity contribution < 1.29 is 9.90 Å². The fraction of sp³-hybridized carbons (Fsp3) is 0.364. The highest BCUT2D eigenvalue weighted by Gasteiger charge is 2.14. The molecular formula is C11H15ClN2O2. The quantitative estimate of drug-likeness (QED) is 0.710. The smallest absolute Gasteiger partial charge is 0.337 e. The summed E-state index contributed by atoms with van der Waals surface area (Å²) in [5, 5.41) is 12.4. The number of rotatable bonds is 4. The minimum atomic E-state index is -1.04. The third kappa shape index (κ3) is 3.03. The number of carbonyl (C=O) groups is 1. The van der Waals surface area contributed by atoms with Crippen molar-refractivity contribution >= 4 is 28.9 Å². The monoisotopic (exact) mass is 242 g/mol. The summed E-state index contributed by atoms with van der Waals surface area (Å²) in [6, 6.07) is 2.94. The van der Waals surface area contributed by atoms with Gasteiger partial charge in [0.2, 0.25) is 0 Å². The number of aromatic carboxylic acids is 1. The van der Waals surface area contributed by atoms with Crippen LogP contribution < -0.4 is 11.1 Å². The van der Waals surface area contributed by atoms with Crippen LogP contribution in [0.2, 0.25) is 5.02 Å². The molecule has 1 aromatic carbocycles. The van der Waals surface area contributed by atoms with Gasteiger partial charge >= 0.3 is 5.97 Å². The Bertz CT molecular complexity index is 405. The van der Waals surface area contributed by atoms with Gasteiger partial charge in [0.25, 0.3) is 0 Å². The van der Waals surface area contributed by atoms with Gasteiger partial charge in [-0.3, -0.25) is 0 Å². The molecule has 1 aromatic rings. The van der Waals surface area contributed by atoms with E-state index in [2.05, 4.69) is 5.32 Å². The summed E-state index contributed by atoms with van der Waals surface area (Å²) in [6.07, 6.45) is 0. The van der Waals surface area contributed by atoms with E-state index in [0.717, 1.165) is 0 Å². The van der Waals surface area contributed by atoms with Gasteiger partial charge in [0.1, 0.15) is 0 Å². The second-order valence-corrected chi connectivity index (χ2v) is 4.41. The lowest BCUT2D eigenvalue weighted by atomic mass is 10.1. The molecule has 0 unspecified atom stereocenters. The third-order valence-electron chi connectivity index (χ3n) is 2.03. The van der Waals surface area contributed by atoms with Crippen molar-refractivity contribution in [2.45, 2.75) is 13.8 Å². The number of carboxylic acid groups (broad SMARTS) is 1. The Labute approximate surface area is 99.4 Å². The normalized spacial score (nSPS) is 10.5. The number of hydrogen-bond donors (Lipinski definition) is 3. The molecule has 4 nitrogen and oxygen atoms in total.